The van der Waals surface area contributed by atoms with E-state index in [1.54, 1.807) is 0 Å². The van der Waals surface area contributed by atoms with Crippen LogP contribution in [0.1, 0.15) is 44.9 Å². The Balaban J connectivity index is 1.88. The van der Waals surface area contributed by atoms with E-state index in [1.807, 2.05) is 31.2 Å². The van der Waals surface area contributed by atoms with Crippen LogP contribution in [0.5, 0.6) is 5.75 Å². The second-order valence-electron chi connectivity index (χ2n) is 6.62. The maximum absolute atomic E-state index is 5.45. The van der Waals surface area contributed by atoms with Gasteiger partial charge in [0.25, 0.3) is 0 Å². The number of ether oxygens (including phenoxy) is 1. The molecular weight excluding hydrogens is 328 g/mol. The Kier molecular flexibility index (Phi) is 7.26. The molecule has 0 radical (unpaired) electrons. The van der Waals surface area contributed by atoms with Crippen LogP contribution in [-0.2, 0) is 6.42 Å². The molecule has 2 rings (SSSR count). The molecule has 0 amide bonds. The Morgan fingerprint density at radius 2 is 1.64 bits per heavy atom. The topological polar surface area (TPSA) is 33.3 Å². The van der Waals surface area contributed by atoms with Gasteiger partial charge in [-0.05, 0) is 73.8 Å². The van der Waals surface area contributed by atoms with Crippen LogP contribution in [0.2, 0.25) is 0 Å². The third-order valence-corrected chi connectivity index (χ3v) is 4.11. The second-order valence-corrected chi connectivity index (χ2v) is 7.03. The molecule has 0 bridgehead atoms. The average molecular weight is 357 g/mol. The predicted octanol–water partition coefficient (Wildman–Crippen LogP) is 5.33. The summed E-state index contributed by atoms with van der Waals surface area (Å²) in [6.45, 7) is 9.23. The van der Waals surface area contributed by atoms with E-state index < -0.39 is 0 Å². The lowest BCUT2D eigenvalue weighted by Gasteiger charge is -2.18. The summed E-state index contributed by atoms with van der Waals surface area (Å²) < 4.78 is 5.45. The molecule has 0 spiro atoms. The molecule has 0 saturated heterocycles. The van der Waals surface area contributed by atoms with Crippen molar-refractivity contribution in [1.82, 2.24) is 5.32 Å². The van der Waals surface area contributed by atoms with Crippen molar-refractivity contribution in [2.24, 2.45) is 5.92 Å². The molecular formula is C21H28N2OS. The van der Waals surface area contributed by atoms with Crippen molar-refractivity contribution in [1.29, 1.82) is 0 Å². The summed E-state index contributed by atoms with van der Waals surface area (Å²) in [4.78, 5) is 0. The highest BCUT2D eigenvalue weighted by Crippen LogP contribution is 2.18. The molecule has 0 fully saturated rings. The van der Waals surface area contributed by atoms with Crippen LogP contribution < -0.4 is 15.4 Å². The zero-order valence-corrected chi connectivity index (χ0v) is 16.3. The van der Waals surface area contributed by atoms with Gasteiger partial charge in [0.05, 0.1) is 12.6 Å². The van der Waals surface area contributed by atoms with E-state index in [4.69, 9.17) is 17.0 Å². The van der Waals surface area contributed by atoms with Gasteiger partial charge in [-0.1, -0.05) is 38.1 Å². The Labute approximate surface area is 156 Å². The third kappa shape index (κ3) is 6.39. The molecule has 25 heavy (non-hydrogen) atoms. The molecule has 0 aliphatic heterocycles. The molecule has 0 saturated carbocycles. The van der Waals surface area contributed by atoms with Gasteiger partial charge >= 0.3 is 0 Å². The van der Waals surface area contributed by atoms with E-state index in [1.165, 1.54) is 11.1 Å². The standard InChI is InChI=1S/C21H28N2OS/c1-5-24-20-12-10-19(11-13-20)23-21(25)22-16(4)18-8-6-17(7-9-18)14-15(2)3/h6-13,15-16H,5,14H2,1-4H3,(H2,22,23,25)/t16-/m1/s1. The molecule has 2 aromatic carbocycles. The first-order valence-electron chi connectivity index (χ1n) is 8.87. The summed E-state index contributed by atoms with van der Waals surface area (Å²) in [5.41, 5.74) is 3.55. The molecule has 0 aliphatic carbocycles. The van der Waals surface area contributed by atoms with Crippen molar-refractivity contribution in [3.8, 4) is 5.75 Å². The SMILES string of the molecule is CCOc1ccc(NC(=S)N[C@H](C)c2ccc(CC(C)C)cc2)cc1. The number of hydrogen-bond acceptors (Lipinski definition) is 2. The van der Waals surface area contributed by atoms with Crippen LogP contribution in [0.4, 0.5) is 5.69 Å². The molecule has 0 aliphatic rings. The summed E-state index contributed by atoms with van der Waals surface area (Å²) in [6, 6.07) is 16.7. The zero-order chi connectivity index (χ0) is 18.2. The molecule has 0 aromatic heterocycles. The van der Waals surface area contributed by atoms with E-state index in [-0.39, 0.29) is 6.04 Å². The van der Waals surface area contributed by atoms with E-state index in [0.29, 0.717) is 17.6 Å². The first-order valence-corrected chi connectivity index (χ1v) is 9.28. The Bertz CT molecular complexity index is 665. The van der Waals surface area contributed by atoms with Crippen LogP contribution >= 0.6 is 12.2 Å². The van der Waals surface area contributed by atoms with Gasteiger partial charge in [-0.3, -0.25) is 0 Å². The minimum absolute atomic E-state index is 0.149. The van der Waals surface area contributed by atoms with Crippen molar-refractivity contribution in [2.45, 2.75) is 40.2 Å². The highest BCUT2D eigenvalue weighted by atomic mass is 32.1. The maximum Gasteiger partial charge on any atom is 0.171 e. The van der Waals surface area contributed by atoms with Gasteiger partial charge in [0, 0.05) is 5.69 Å². The number of thiocarbonyl (C=S) groups is 1. The number of nitrogens with one attached hydrogen (secondary N) is 2. The minimum atomic E-state index is 0.149. The fourth-order valence-electron chi connectivity index (χ4n) is 2.66. The van der Waals surface area contributed by atoms with Crippen LogP contribution in [0, 0.1) is 5.92 Å². The number of benzene rings is 2. The molecule has 3 nitrogen and oxygen atoms in total. The quantitative estimate of drug-likeness (QED) is 0.657. The predicted molar refractivity (Wildman–Crippen MR) is 110 cm³/mol. The van der Waals surface area contributed by atoms with Gasteiger partial charge in [-0.25, -0.2) is 0 Å². The van der Waals surface area contributed by atoms with E-state index in [9.17, 15) is 0 Å². The van der Waals surface area contributed by atoms with Gasteiger partial charge in [0.15, 0.2) is 5.11 Å². The number of rotatable bonds is 7. The Morgan fingerprint density at radius 1 is 1.00 bits per heavy atom. The Hall–Kier alpha value is -2.07. The molecule has 2 aromatic rings. The van der Waals surface area contributed by atoms with Crippen LogP contribution in [-0.4, -0.2) is 11.7 Å². The lowest BCUT2D eigenvalue weighted by Crippen LogP contribution is -2.30. The molecule has 134 valence electrons. The highest BCUT2D eigenvalue weighted by molar-refractivity contribution is 7.80. The van der Waals surface area contributed by atoms with Crippen molar-refractivity contribution >= 4 is 23.0 Å². The summed E-state index contributed by atoms with van der Waals surface area (Å²) >= 11 is 5.43. The normalized spacial score (nSPS) is 11.9. The molecule has 0 unspecified atom stereocenters. The van der Waals surface area contributed by atoms with Crippen molar-refractivity contribution in [3.05, 3.63) is 59.7 Å². The van der Waals surface area contributed by atoms with Crippen LogP contribution in [0.15, 0.2) is 48.5 Å². The summed E-state index contributed by atoms with van der Waals surface area (Å²) in [5, 5.41) is 7.16. The fraction of sp³-hybridized carbons (Fsp3) is 0.381. The second kappa shape index (κ2) is 9.42. The van der Waals surface area contributed by atoms with Crippen molar-refractivity contribution in [2.75, 3.05) is 11.9 Å². The summed E-state index contributed by atoms with van der Waals surface area (Å²) in [6.07, 6.45) is 1.11. The molecule has 2 N–H and O–H groups in total. The van der Waals surface area contributed by atoms with Crippen molar-refractivity contribution < 1.29 is 4.74 Å². The highest BCUT2D eigenvalue weighted by Gasteiger charge is 2.08. The third-order valence-electron chi connectivity index (χ3n) is 3.89. The number of anilines is 1. The summed E-state index contributed by atoms with van der Waals surface area (Å²) in [7, 11) is 0. The maximum atomic E-state index is 5.45. The smallest absolute Gasteiger partial charge is 0.171 e. The van der Waals surface area contributed by atoms with E-state index in [0.717, 1.165) is 17.9 Å². The lowest BCUT2D eigenvalue weighted by atomic mass is 10.00. The average Bonchev–Trinajstić information content (AvgIpc) is 2.57. The summed E-state index contributed by atoms with van der Waals surface area (Å²) in [5.74, 6) is 1.54. The van der Waals surface area contributed by atoms with E-state index in [2.05, 4.69) is 55.7 Å². The van der Waals surface area contributed by atoms with Crippen molar-refractivity contribution in [3.63, 3.8) is 0 Å². The minimum Gasteiger partial charge on any atom is -0.494 e. The van der Waals surface area contributed by atoms with Gasteiger partial charge < -0.3 is 15.4 Å². The van der Waals surface area contributed by atoms with E-state index >= 15 is 0 Å². The number of hydrogen-bond donors (Lipinski definition) is 2. The monoisotopic (exact) mass is 356 g/mol. The van der Waals surface area contributed by atoms with Gasteiger partial charge in [0.2, 0.25) is 0 Å². The van der Waals surface area contributed by atoms with Gasteiger partial charge in [0.1, 0.15) is 5.75 Å². The largest absolute Gasteiger partial charge is 0.494 e. The lowest BCUT2D eigenvalue weighted by molar-refractivity contribution is 0.340. The first kappa shape index (κ1) is 19.3. The zero-order valence-electron chi connectivity index (χ0n) is 15.5. The Morgan fingerprint density at radius 3 is 2.20 bits per heavy atom. The van der Waals surface area contributed by atoms with Crippen LogP contribution in [0.3, 0.4) is 0 Å². The first-order chi connectivity index (χ1) is 12.0. The van der Waals surface area contributed by atoms with Crippen LogP contribution in [0.25, 0.3) is 0 Å². The van der Waals surface area contributed by atoms with Gasteiger partial charge in [-0.15, -0.1) is 0 Å². The molecule has 4 heteroatoms. The van der Waals surface area contributed by atoms with Gasteiger partial charge in [-0.2, -0.15) is 0 Å². The fourth-order valence-corrected chi connectivity index (χ4v) is 2.96. The molecule has 1 atom stereocenters. The molecule has 0 heterocycles.